The van der Waals surface area contributed by atoms with Crippen LogP contribution >= 0.6 is 0 Å². The Morgan fingerprint density at radius 3 is 3.00 bits per heavy atom. The van der Waals surface area contributed by atoms with Crippen molar-refractivity contribution >= 4 is 11.7 Å². The Morgan fingerprint density at radius 2 is 2.29 bits per heavy atom. The summed E-state index contributed by atoms with van der Waals surface area (Å²) in [6.45, 7) is 3.23. The Bertz CT molecular complexity index is 437. The predicted octanol–water partition coefficient (Wildman–Crippen LogP) is 2.21. The van der Waals surface area contributed by atoms with E-state index in [9.17, 15) is 4.79 Å². The van der Waals surface area contributed by atoms with Crippen LogP contribution in [0.2, 0.25) is 0 Å². The van der Waals surface area contributed by atoms with Gasteiger partial charge in [-0.1, -0.05) is 12.1 Å². The van der Waals surface area contributed by atoms with Gasteiger partial charge in [0, 0.05) is 5.56 Å². The van der Waals surface area contributed by atoms with E-state index < -0.39 is 0 Å². The molecule has 0 amide bonds. The molecule has 0 aliphatic carbocycles. The Balaban J connectivity index is 2.21. The van der Waals surface area contributed by atoms with Gasteiger partial charge in [-0.3, -0.25) is 0 Å². The Kier molecular flexibility index (Phi) is 3.65. The second-order valence-corrected chi connectivity index (χ2v) is 3.50. The van der Waals surface area contributed by atoms with Crippen LogP contribution in [-0.4, -0.2) is 25.8 Å². The second-order valence-electron chi connectivity index (χ2n) is 3.50. The van der Waals surface area contributed by atoms with Crippen LogP contribution in [0, 0.1) is 0 Å². The summed E-state index contributed by atoms with van der Waals surface area (Å²) in [6, 6.07) is 7.11. The zero-order valence-corrected chi connectivity index (χ0v) is 9.64. The highest BCUT2D eigenvalue weighted by Gasteiger charge is 2.12. The van der Waals surface area contributed by atoms with E-state index in [1.54, 1.807) is 31.4 Å². The molecular formula is C13H14O4. The quantitative estimate of drug-likeness (QED) is 0.752. The summed E-state index contributed by atoms with van der Waals surface area (Å²) < 4.78 is 15.6. The molecule has 1 aliphatic rings. The van der Waals surface area contributed by atoms with Gasteiger partial charge in [-0.25, -0.2) is 4.79 Å². The molecule has 2 rings (SSSR count). The van der Waals surface area contributed by atoms with Crippen LogP contribution in [0.4, 0.5) is 0 Å². The molecule has 0 aromatic heterocycles. The first kappa shape index (κ1) is 11.5. The second kappa shape index (κ2) is 5.39. The largest absolute Gasteiger partial charge is 0.494 e. The molecule has 4 heteroatoms. The highest BCUT2D eigenvalue weighted by Crippen LogP contribution is 2.20. The van der Waals surface area contributed by atoms with E-state index in [-0.39, 0.29) is 5.97 Å². The number of esters is 1. The molecule has 4 nitrogen and oxygen atoms in total. The molecule has 17 heavy (non-hydrogen) atoms. The molecule has 0 spiro atoms. The summed E-state index contributed by atoms with van der Waals surface area (Å²) in [4.78, 5) is 11.6. The molecule has 0 unspecified atom stereocenters. The van der Waals surface area contributed by atoms with Crippen LogP contribution in [0.1, 0.15) is 22.8 Å². The van der Waals surface area contributed by atoms with Crippen molar-refractivity contribution < 1.29 is 19.0 Å². The summed E-state index contributed by atoms with van der Waals surface area (Å²) >= 11 is 0. The molecule has 0 saturated carbocycles. The van der Waals surface area contributed by atoms with Crippen molar-refractivity contribution in [3.63, 3.8) is 0 Å². The zero-order chi connectivity index (χ0) is 12.1. The number of hydrogen-bond donors (Lipinski definition) is 0. The summed E-state index contributed by atoms with van der Waals surface area (Å²) in [5.41, 5.74) is 1.33. The lowest BCUT2D eigenvalue weighted by molar-refractivity contribution is 0.0526. The normalized spacial score (nSPS) is 14.3. The number of hydrogen-bond acceptors (Lipinski definition) is 4. The van der Waals surface area contributed by atoms with E-state index in [0.29, 0.717) is 31.1 Å². The maximum absolute atomic E-state index is 11.6. The maximum atomic E-state index is 11.6. The number of rotatable bonds is 3. The fraction of sp³-hybridized carbons (Fsp3) is 0.308. The smallest absolute Gasteiger partial charge is 0.338 e. The van der Waals surface area contributed by atoms with Crippen molar-refractivity contribution in [2.75, 3.05) is 19.8 Å². The van der Waals surface area contributed by atoms with E-state index in [4.69, 9.17) is 14.2 Å². The average Bonchev–Trinajstić information content (AvgIpc) is 2.40. The van der Waals surface area contributed by atoms with Gasteiger partial charge in [-0.2, -0.15) is 0 Å². The first-order chi connectivity index (χ1) is 8.31. The molecule has 0 saturated heterocycles. The van der Waals surface area contributed by atoms with E-state index in [0.717, 1.165) is 5.56 Å². The van der Waals surface area contributed by atoms with Gasteiger partial charge >= 0.3 is 5.97 Å². The first-order valence-electron chi connectivity index (χ1n) is 5.53. The molecule has 1 aliphatic heterocycles. The van der Waals surface area contributed by atoms with Gasteiger partial charge in [-0.05, 0) is 19.1 Å². The molecule has 0 fully saturated rings. The van der Waals surface area contributed by atoms with Gasteiger partial charge in [0.05, 0.1) is 12.2 Å². The Hall–Kier alpha value is -1.97. The third kappa shape index (κ3) is 2.78. The lowest BCUT2D eigenvalue weighted by atomic mass is 10.1. The number of benzene rings is 1. The maximum Gasteiger partial charge on any atom is 0.338 e. The molecule has 90 valence electrons. The molecular weight excluding hydrogens is 220 g/mol. The molecule has 0 radical (unpaired) electrons. The van der Waals surface area contributed by atoms with Gasteiger partial charge in [0.2, 0.25) is 0 Å². The fourth-order valence-corrected chi connectivity index (χ4v) is 1.53. The third-order valence-corrected chi connectivity index (χ3v) is 2.31. The van der Waals surface area contributed by atoms with Crippen LogP contribution < -0.4 is 0 Å². The minimum atomic E-state index is -0.327. The van der Waals surface area contributed by atoms with Crippen molar-refractivity contribution in [1.29, 1.82) is 0 Å². The van der Waals surface area contributed by atoms with Crippen LogP contribution in [0.5, 0.6) is 0 Å². The molecule has 1 aromatic carbocycles. The lowest BCUT2D eigenvalue weighted by Gasteiger charge is -2.15. The minimum Gasteiger partial charge on any atom is -0.494 e. The van der Waals surface area contributed by atoms with Gasteiger partial charge in [0.25, 0.3) is 0 Å². The van der Waals surface area contributed by atoms with Crippen molar-refractivity contribution in [1.82, 2.24) is 0 Å². The van der Waals surface area contributed by atoms with Crippen molar-refractivity contribution in [3.8, 4) is 0 Å². The van der Waals surface area contributed by atoms with E-state index in [1.165, 1.54) is 0 Å². The highest BCUT2D eigenvalue weighted by molar-refractivity contribution is 5.90. The first-order valence-corrected chi connectivity index (χ1v) is 5.53. The summed E-state index contributed by atoms with van der Waals surface area (Å²) in [7, 11) is 0. The van der Waals surface area contributed by atoms with Crippen LogP contribution in [0.25, 0.3) is 5.76 Å². The van der Waals surface area contributed by atoms with Gasteiger partial charge in [-0.15, -0.1) is 0 Å². The summed E-state index contributed by atoms with van der Waals surface area (Å²) in [5.74, 6) is 0.314. The van der Waals surface area contributed by atoms with Crippen LogP contribution in [0.3, 0.4) is 0 Å². The molecule has 0 atom stereocenters. The average molecular weight is 234 g/mol. The lowest BCUT2D eigenvalue weighted by Crippen LogP contribution is -2.09. The van der Waals surface area contributed by atoms with Crippen LogP contribution in [-0.2, 0) is 14.2 Å². The van der Waals surface area contributed by atoms with Crippen molar-refractivity contribution in [3.05, 3.63) is 41.7 Å². The van der Waals surface area contributed by atoms with E-state index >= 15 is 0 Å². The third-order valence-electron chi connectivity index (χ3n) is 2.31. The van der Waals surface area contributed by atoms with E-state index in [1.807, 2.05) is 6.07 Å². The number of ether oxygens (including phenoxy) is 3. The highest BCUT2D eigenvalue weighted by atomic mass is 16.6. The minimum absolute atomic E-state index is 0.327. The van der Waals surface area contributed by atoms with Gasteiger partial charge < -0.3 is 14.2 Å². The van der Waals surface area contributed by atoms with Gasteiger partial charge in [0.15, 0.2) is 5.76 Å². The molecule has 0 N–H and O–H groups in total. The zero-order valence-electron chi connectivity index (χ0n) is 9.64. The molecule has 0 bridgehead atoms. The Morgan fingerprint density at radius 1 is 1.41 bits per heavy atom. The number of carbonyl (C=O) groups excluding carboxylic acids is 1. The van der Waals surface area contributed by atoms with E-state index in [2.05, 4.69) is 0 Å². The molecule has 1 heterocycles. The van der Waals surface area contributed by atoms with Crippen molar-refractivity contribution in [2.45, 2.75) is 6.92 Å². The monoisotopic (exact) mass is 234 g/mol. The standard InChI is InChI=1S/C13H14O4/c1-2-16-13(14)11-5-3-4-10(8-11)12-9-15-6-7-17-12/h3-5,8-9H,2,6-7H2,1H3. The number of carbonyl (C=O) groups is 1. The summed E-state index contributed by atoms with van der Waals surface area (Å²) in [5, 5.41) is 0. The van der Waals surface area contributed by atoms with Crippen LogP contribution in [0.15, 0.2) is 30.5 Å². The topological polar surface area (TPSA) is 44.8 Å². The predicted molar refractivity (Wildman–Crippen MR) is 62.3 cm³/mol. The summed E-state index contributed by atoms with van der Waals surface area (Å²) in [6.07, 6.45) is 1.56. The molecule has 1 aromatic rings. The SMILES string of the molecule is CCOC(=O)c1cccc(C2=COCCO2)c1. The fourth-order valence-electron chi connectivity index (χ4n) is 1.53. The Labute approximate surface area is 99.8 Å². The van der Waals surface area contributed by atoms with Gasteiger partial charge in [0.1, 0.15) is 19.5 Å². The van der Waals surface area contributed by atoms with Crippen molar-refractivity contribution in [2.24, 2.45) is 0 Å².